The van der Waals surface area contributed by atoms with Gasteiger partial charge in [-0.25, -0.2) is 13.2 Å². The number of amides is 1. The minimum absolute atomic E-state index is 0.0584. The number of sulfone groups is 1. The molecule has 27 heavy (non-hydrogen) atoms. The first-order chi connectivity index (χ1) is 12.9. The predicted molar refractivity (Wildman–Crippen MR) is 103 cm³/mol. The number of rotatable bonds is 6. The number of carboxylic acid groups (broad SMARTS) is 1. The molecule has 0 saturated heterocycles. The summed E-state index contributed by atoms with van der Waals surface area (Å²) in [5.41, 5.74) is 1.61. The highest BCUT2D eigenvalue weighted by atomic mass is 32.2. The van der Waals surface area contributed by atoms with Gasteiger partial charge in [0.05, 0.1) is 18.6 Å². The first-order valence-corrected chi connectivity index (χ1v) is 10.3. The van der Waals surface area contributed by atoms with E-state index < -0.39 is 15.9 Å². The smallest absolute Gasteiger partial charge is 0.404 e. The zero-order valence-electron chi connectivity index (χ0n) is 14.4. The van der Waals surface area contributed by atoms with Gasteiger partial charge in [0.15, 0.2) is 0 Å². The van der Waals surface area contributed by atoms with Crippen molar-refractivity contribution in [1.82, 2.24) is 5.32 Å². The van der Waals surface area contributed by atoms with E-state index in [9.17, 15) is 13.2 Å². The summed E-state index contributed by atoms with van der Waals surface area (Å²) < 4.78 is 31.5. The van der Waals surface area contributed by atoms with E-state index in [4.69, 9.17) is 9.84 Å². The number of benzene rings is 2. The zero-order chi connectivity index (χ0) is 19.4. The van der Waals surface area contributed by atoms with E-state index in [2.05, 4.69) is 5.32 Å². The maximum atomic E-state index is 13.1. The molecule has 2 aromatic carbocycles. The highest BCUT2D eigenvalue weighted by Crippen LogP contribution is 2.33. The summed E-state index contributed by atoms with van der Waals surface area (Å²) in [4.78, 5) is 11.3. The molecule has 8 heteroatoms. The monoisotopic (exact) mass is 403 g/mol. The molecule has 0 bridgehead atoms. The van der Waals surface area contributed by atoms with Gasteiger partial charge in [0.25, 0.3) is 0 Å². The molecule has 0 saturated carbocycles. The molecule has 140 valence electrons. The molecule has 3 rings (SSSR count). The largest absolute Gasteiger partial charge is 0.497 e. The van der Waals surface area contributed by atoms with Crippen LogP contribution in [0.4, 0.5) is 4.79 Å². The van der Waals surface area contributed by atoms with Crippen molar-refractivity contribution in [2.24, 2.45) is 0 Å². The average molecular weight is 403 g/mol. The molecule has 0 atom stereocenters. The summed E-state index contributed by atoms with van der Waals surface area (Å²) in [6.45, 7) is 0.0584. The molecule has 0 spiro atoms. The van der Waals surface area contributed by atoms with Crippen LogP contribution in [0.15, 0.2) is 69.8 Å². The molecule has 1 aromatic heterocycles. The van der Waals surface area contributed by atoms with Gasteiger partial charge in [-0.3, -0.25) is 0 Å². The van der Waals surface area contributed by atoms with Crippen LogP contribution in [0.3, 0.4) is 0 Å². The van der Waals surface area contributed by atoms with E-state index >= 15 is 0 Å². The summed E-state index contributed by atoms with van der Waals surface area (Å²) in [6, 6.07) is 17.4. The minimum atomic E-state index is -3.76. The summed E-state index contributed by atoms with van der Waals surface area (Å²) in [6.07, 6.45) is -1.16. The number of carbonyl (C=O) groups is 1. The summed E-state index contributed by atoms with van der Waals surface area (Å²) in [7, 11) is -2.27. The highest BCUT2D eigenvalue weighted by Gasteiger charge is 2.22. The number of hydrogen-bond donors (Lipinski definition) is 2. The molecule has 2 N–H and O–H groups in total. The van der Waals surface area contributed by atoms with Crippen molar-refractivity contribution in [2.75, 3.05) is 7.11 Å². The van der Waals surface area contributed by atoms with Crippen LogP contribution in [-0.4, -0.2) is 26.7 Å². The number of thiophene rings is 1. The van der Waals surface area contributed by atoms with Crippen LogP contribution in [0.2, 0.25) is 0 Å². The van der Waals surface area contributed by atoms with Crippen molar-refractivity contribution in [3.8, 4) is 16.9 Å². The molecule has 0 aliphatic rings. The molecule has 0 radical (unpaired) electrons. The fourth-order valence-electron chi connectivity index (χ4n) is 2.52. The summed E-state index contributed by atoms with van der Waals surface area (Å²) >= 11 is 1.04. The fourth-order valence-corrected chi connectivity index (χ4v) is 5.28. The van der Waals surface area contributed by atoms with Gasteiger partial charge in [-0.2, -0.15) is 0 Å². The van der Waals surface area contributed by atoms with Gasteiger partial charge in [-0.1, -0.05) is 30.3 Å². The number of methoxy groups -OCH3 is 1. The minimum Gasteiger partial charge on any atom is -0.497 e. The molecular formula is C19H17NO5S2. The van der Waals surface area contributed by atoms with Crippen LogP contribution in [0.25, 0.3) is 11.1 Å². The Morgan fingerprint density at radius 1 is 1.07 bits per heavy atom. The Kier molecular flexibility index (Phi) is 5.48. The van der Waals surface area contributed by atoms with Crippen molar-refractivity contribution in [1.29, 1.82) is 0 Å². The van der Waals surface area contributed by atoms with E-state index in [0.29, 0.717) is 10.6 Å². The van der Waals surface area contributed by atoms with Gasteiger partial charge in [0.1, 0.15) is 9.96 Å². The molecular weight excluding hydrogens is 386 g/mol. The van der Waals surface area contributed by atoms with Crippen LogP contribution >= 0.6 is 11.3 Å². The lowest BCUT2D eigenvalue weighted by atomic mass is 10.1. The van der Waals surface area contributed by atoms with E-state index in [1.807, 2.05) is 30.3 Å². The third kappa shape index (κ3) is 4.29. The van der Waals surface area contributed by atoms with Crippen LogP contribution < -0.4 is 10.1 Å². The van der Waals surface area contributed by atoms with Crippen molar-refractivity contribution < 1.29 is 23.1 Å². The van der Waals surface area contributed by atoms with E-state index in [0.717, 1.165) is 22.5 Å². The number of nitrogens with one attached hydrogen (secondary N) is 1. The van der Waals surface area contributed by atoms with Gasteiger partial charge in [0, 0.05) is 4.88 Å². The van der Waals surface area contributed by atoms with Crippen molar-refractivity contribution >= 4 is 27.3 Å². The van der Waals surface area contributed by atoms with Gasteiger partial charge in [0.2, 0.25) is 9.84 Å². The SMILES string of the molecule is COc1cc(-c2ccccc2)cc(S(=O)(=O)c2ccc(CNC(=O)O)s2)c1. The molecule has 0 aliphatic carbocycles. The first kappa shape index (κ1) is 18.9. The maximum absolute atomic E-state index is 13.1. The second-order valence-electron chi connectivity index (χ2n) is 5.65. The molecule has 3 aromatic rings. The van der Waals surface area contributed by atoms with Crippen LogP contribution in [0.1, 0.15) is 4.88 Å². The Labute approximate surface area is 161 Å². The lowest BCUT2D eigenvalue weighted by Crippen LogP contribution is -2.19. The quantitative estimate of drug-likeness (QED) is 0.648. The highest BCUT2D eigenvalue weighted by molar-refractivity contribution is 7.93. The second kappa shape index (κ2) is 7.81. The average Bonchev–Trinajstić information content (AvgIpc) is 3.16. The number of hydrogen-bond acceptors (Lipinski definition) is 5. The van der Waals surface area contributed by atoms with E-state index in [1.54, 1.807) is 18.2 Å². The second-order valence-corrected chi connectivity index (χ2v) is 8.99. The van der Waals surface area contributed by atoms with Crippen LogP contribution in [0.5, 0.6) is 5.75 Å². The predicted octanol–water partition coefficient (Wildman–Crippen LogP) is 4.02. The fraction of sp³-hybridized carbons (Fsp3) is 0.105. The van der Waals surface area contributed by atoms with Crippen molar-refractivity contribution in [2.45, 2.75) is 15.6 Å². The maximum Gasteiger partial charge on any atom is 0.404 e. The third-order valence-corrected chi connectivity index (χ3v) is 7.16. The van der Waals surface area contributed by atoms with E-state index in [-0.39, 0.29) is 15.6 Å². The number of ether oxygens (including phenoxy) is 1. The molecule has 1 heterocycles. The lowest BCUT2D eigenvalue weighted by molar-refractivity contribution is 0.194. The van der Waals surface area contributed by atoms with Crippen molar-refractivity contribution in [3.05, 3.63) is 65.5 Å². The third-order valence-electron chi connectivity index (χ3n) is 3.85. The zero-order valence-corrected chi connectivity index (χ0v) is 16.0. The molecule has 0 unspecified atom stereocenters. The Balaban J connectivity index is 2.00. The Hall–Kier alpha value is -2.84. The van der Waals surface area contributed by atoms with Gasteiger partial charge >= 0.3 is 6.09 Å². The van der Waals surface area contributed by atoms with Crippen LogP contribution in [-0.2, 0) is 16.4 Å². The molecule has 0 fully saturated rings. The Morgan fingerprint density at radius 3 is 2.48 bits per heavy atom. The standard InChI is InChI=1S/C19H17NO5S2/c1-25-15-9-14(13-5-3-2-4-6-13)10-17(11-15)27(23,24)18-8-7-16(26-18)12-20-19(21)22/h2-11,20H,12H2,1H3,(H,21,22). The topological polar surface area (TPSA) is 92.7 Å². The molecule has 6 nitrogen and oxygen atoms in total. The van der Waals surface area contributed by atoms with Crippen LogP contribution in [0, 0.1) is 0 Å². The van der Waals surface area contributed by atoms with Crippen molar-refractivity contribution in [3.63, 3.8) is 0 Å². The molecule has 1 amide bonds. The van der Waals surface area contributed by atoms with Gasteiger partial charge in [-0.05, 0) is 41.5 Å². The Morgan fingerprint density at radius 2 is 1.81 bits per heavy atom. The first-order valence-electron chi connectivity index (χ1n) is 7.95. The lowest BCUT2D eigenvalue weighted by Gasteiger charge is -2.09. The molecule has 0 aliphatic heterocycles. The van der Waals surface area contributed by atoms with E-state index in [1.165, 1.54) is 19.2 Å². The summed E-state index contributed by atoms with van der Waals surface area (Å²) in [5, 5.41) is 10.9. The summed E-state index contributed by atoms with van der Waals surface area (Å²) in [5.74, 6) is 0.444. The van der Waals surface area contributed by atoms with Gasteiger partial charge < -0.3 is 15.2 Å². The Bertz CT molecular complexity index is 1060. The normalized spacial score (nSPS) is 11.1. The van der Waals surface area contributed by atoms with Gasteiger partial charge in [-0.15, -0.1) is 11.3 Å².